The molecule has 0 bridgehead atoms. The van der Waals surface area contributed by atoms with E-state index in [2.05, 4.69) is 15.3 Å². The highest BCUT2D eigenvalue weighted by Crippen LogP contribution is 2.18. The van der Waals surface area contributed by atoms with Gasteiger partial charge in [0.25, 0.3) is 5.91 Å². The maximum atomic E-state index is 12.4. The van der Waals surface area contributed by atoms with Gasteiger partial charge in [-0.2, -0.15) is 10.2 Å². The standard InChI is InChI=1S/C15H17N5O2/c1-3-20-7-6-11(18-20)10-19(2)15(21)13-9-12(16-17-13)14-5-4-8-22-14/h4-9H,3,10H2,1-2H3,(H,16,17). The minimum atomic E-state index is -0.167. The number of nitrogens with one attached hydrogen (secondary N) is 1. The third-order valence-electron chi connectivity index (χ3n) is 3.35. The fourth-order valence-corrected chi connectivity index (χ4v) is 2.16. The average Bonchev–Trinajstić information content (AvgIpc) is 3.26. The van der Waals surface area contributed by atoms with E-state index in [1.165, 1.54) is 0 Å². The maximum Gasteiger partial charge on any atom is 0.274 e. The molecule has 0 radical (unpaired) electrons. The first-order chi connectivity index (χ1) is 10.7. The van der Waals surface area contributed by atoms with E-state index >= 15 is 0 Å². The smallest absolute Gasteiger partial charge is 0.274 e. The molecule has 1 amide bonds. The van der Waals surface area contributed by atoms with Crippen LogP contribution < -0.4 is 0 Å². The van der Waals surface area contributed by atoms with Gasteiger partial charge in [0.2, 0.25) is 0 Å². The molecule has 0 aromatic carbocycles. The molecule has 3 aromatic heterocycles. The number of H-pyrrole nitrogens is 1. The molecule has 1 N–H and O–H groups in total. The summed E-state index contributed by atoms with van der Waals surface area (Å²) in [6, 6.07) is 7.19. The number of hydrogen-bond acceptors (Lipinski definition) is 4. The van der Waals surface area contributed by atoms with E-state index in [4.69, 9.17) is 4.42 Å². The Labute approximate surface area is 127 Å². The van der Waals surface area contributed by atoms with Gasteiger partial charge in [-0.1, -0.05) is 0 Å². The summed E-state index contributed by atoms with van der Waals surface area (Å²) in [5, 5.41) is 11.2. The second kappa shape index (κ2) is 5.88. The first kappa shape index (κ1) is 14.1. The van der Waals surface area contributed by atoms with E-state index in [0.717, 1.165) is 12.2 Å². The van der Waals surface area contributed by atoms with Crippen molar-refractivity contribution in [3.8, 4) is 11.5 Å². The lowest BCUT2D eigenvalue weighted by atomic mass is 10.3. The lowest BCUT2D eigenvalue weighted by Crippen LogP contribution is -2.26. The lowest BCUT2D eigenvalue weighted by Gasteiger charge is -2.13. The summed E-state index contributed by atoms with van der Waals surface area (Å²) >= 11 is 0. The van der Waals surface area contributed by atoms with E-state index in [9.17, 15) is 4.79 Å². The van der Waals surface area contributed by atoms with Crippen LogP contribution in [0.2, 0.25) is 0 Å². The Morgan fingerprint density at radius 1 is 1.45 bits per heavy atom. The third kappa shape index (κ3) is 2.78. The van der Waals surface area contributed by atoms with Gasteiger partial charge in [0.1, 0.15) is 5.69 Å². The van der Waals surface area contributed by atoms with E-state index < -0.39 is 0 Å². The van der Waals surface area contributed by atoms with Crippen molar-refractivity contribution in [2.45, 2.75) is 20.0 Å². The number of aromatic amines is 1. The average molecular weight is 299 g/mol. The van der Waals surface area contributed by atoms with Gasteiger partial charge in [0.15, 0.2) is 11.5 Å². The molecular formula is C15H17N5O2. The molecule has 0 aliphatic carbocycles. The van der Waals surface area contributed by atoms with Crippen LogP contribution in [0, 0.1) is 0 Å². The summed E-state index contributed by atoms with van der Waals surface area (Å²) < 4.78 is 7.11. The zero-order chi connectivity index (χ0) is 15.5. The van der Waals surface area contributed by atoms with Crippen molar-refractivity contribution in [2.75, 3.05) is 7.05 Å². The minimum absolute atomic E-state index is 0.167. The monoisotopic (exact) mass is 299 g/mol. The topological polar surface area (TPSA) is 80.0 Å². The van der Waals surface area contributed by atoms with E-state index in [-0.39, 0.29) is 5.91 Å². The number of aryl methyl sites for hydroxylation is 1. The molecule has 7 nitrogen and oxygen atoms in total. The SMILES string of the molecule is CCn1ccc(CN(C)C(=O)c2cc(-c3ccco3)[nH]n2)n1. The van der Waals surface area contributed by atoms with Crippen LogP contribution in [0.1, 0.15) is 23.1 Å². The highest BCUT2D eigenvalue weighted by Gasteiger charge is 2.17. The predicted molar refractivity (Wildman–Crippen MR) is 80.0 cm³/mol. The van der Waals surface area contributed by atoms with Gasteiger partial charge < -0.3 is 9.32 Å². The number of amides is 1. The summed E-state index contributed by atoms with van der Waals surface area (Å²) in [6.45, 7) is 3.27. The molecular weight excluding hydrogens is 282 g/mol. The van der Waals surface area contributed by atoms with Gasteiger partial charge in [-0.25, -0.2) is 0 Å². The number of hydrogen-bond donors (Lipinski definition) is 1. The number of rotatable bonds is 5. The summed E-state index contributed by atoms with van der Waals surface area (Å²) in [7, 11) is 1.73. The molecule has 0 saturated heterocycles. The van der Waals surface area contributed by atoms with E-state index in [0.29, 0.717) is 23.7 Å². The number of carbonyl (C=O) groups is 1. The molecule has 0 fully saturated rings. The third-order valence-corrected chi connectivity index (χ3v) is 3.35. The van der Waals surface area contributed by atoms with Crippen molar-refractivity contribution in [1.29, 1.82) is 0 Å². The summed E-state index contributed by atoms with van der Waals surface area (Å²) in [5.74, 6) is 0.482. The van der Waals surface area contributed by atoms with Gasteiger partial charge in [-0.15, -0.1) is 0 Å². The Bertz CT molecular complexity index is 757. The van der Waals surface area contributed by atoms with Crippen molar-refractivity contribution in [2.24, 2.45) is 0 Å². The molecule has 22 heavy (non-hydrogen) atoms. The number of carbonyl (C=O) groups excluding carboxylic acids is 1. The molecule has 7 heteroatoms. The second-order valence-corrected chi connectivity index (χ2v) is 4.97. The summed E-state index contributed by atoms with van der Waals surface area (Å²) in [5.41, 5.74) is 1.88. The normalized spacial score (nSPS) is 10.8. The highest BCUT2D eigenvalue weighted by molar-refractivity contribution is 5.93. The Kier molecular flexibility index (Phi) is 3.78. The lowest BCUT2D eigenvalue weighted by molar-refractivity contribution is 0.0777. The van der Waals surface area contributed by atoms with Gasteiger partial charge in [0.05, 0.1) is 18.5 Å². The van der Waals surface area contributed by atoms with Crippen LogP contribution in [-0.2, 0) is 13.1 Å². The van der Waals surface area contributed by atoms with Crippen LogP contribution in [0.15, 0.2) is 41.1 Å². The zero-order valence-corrected chi connectivity index (χ0v) is 12.5. The first-order valence-corrected chi connectivity index (χ1v) is 7.04. The Hall–Kier alpha value is -2.83. The largest absolute Gasteiger partial charge is 0.463 e. The van der Waals surface area contributed by atoms with Crippen LogP contribution in [0.3, 0.4) is 0 Å². The molecule has 3 aromatic rings. The molecule has 114 valence electrons. The highest BCUT2D eigenvalue weighted by atomic mass is 16.3. The Balaban J connectivity index is 1.70. The van der Waals surface area contributed by atoms with E-state index in [1.54, 1.807) is 30.3 Å². The van der Waals surface area contributed by atoms with E-state index in [1.807, 2.05) is 29.9 Å². The predicted octanol–water partition coefficient (Wildman–Crippen LogP) is 2.16. The van der Waals surface area contributed by atoms with Crippen molar-refractivity contribution < 1.29 is 9.21 Å². The van der Waals surface area contributed by atoms with Crippen LogP contribution in [0.4, 0.5) is 0 Å². The van der Waals surface area contributed by atoms with Crippen LogP contribution >= 0.6 is 0 Å². The van der Waals surface area contributed by atoms with Crippen molar-refractivity contribution in [3.63, 3.8) is 0 Å². The first-order valence-electron chi connectivity index (χ1n) is 7.04. The fourth-order valence-electron chi connectivity index (χ4n) is 2.16. The number of aromatic nitrogens is 4. The molecule has 0 spiro atoms. The summed E-state index contributed by atoms with van der Waals surface area (Å²) in [4.78, 5) is 14.0. The van der Waals surface area contributed by atoms with Gasteiger partial charge >= 0.3 is 0 Å². The van der Waals surface area contributed by atoms with Crippen molar-refractivity contribution >= 4 is 5.91 Å². The minimum Gasteiger partial charge on any atom is -0.463 e. The number of nitrogens with zero attached hydrogens (tertiary/aromatic N) is 4. The molecule has 0 aliphatic heterocycles. The van der Waals surface area contributed by atoms with Gasteiger partial charge in [0, 0.05) is 25.9 Å². The van der Waals surface area contributed by atoms with Crippen molar-refractivity contribution in [3.05, 3.63) is 48.1 Å². The molecule has 0 saturated carbocycles. The molecule has 0 aliphatic rings. The molecule has 0 unspecified atom stereocenters. The zero-order valence-electron chi connectivity index (χ0n) is 12.5. The molecule has 3 rings (SSSR count). The van der Waals surface area contributed by atoms with Crippen LogP contribution in [0.5, 0.6) is 0 Å². The van der Waals surface area contributed by atoms with Crippen molar-refractivity contribution in [1.82, 2.24) is 24.9 Å². The fraction of sp³-hybridized carbons (Fsp3) is 0.267. The number of furan rings is 1. The maximum absolute atomic E-state index is 12.4. The van der Waals surface area contributed by atoms with Crippen LogP contribution in [0.25, 0.3) is 11.5 Å². The molecule has 0 atom stereocenters. The second-order valence-electron chi connectivity index (χ2n) is 4.97. The Morgan fingerprint density at radius 3 is 3.00 bits per heavy atom. The van der Waals surface area contributed by atoms with Gasteiger partial charge in [-0.3, -0.25) is 14.6 Å². The Morgan fingerprint density at radius 2 is 2.32 bits per heavy atom. The van der Waals surface area contributed by atoms with Crippen LogP contribution in [-0.4, -0.2) is 37.8 Å². The summed E-state index contributed by atoms with van der Waals surface area (Å²) in [6.07, 6.45) is 3.48. The quantitative estimate of drug-likeness (QED) is 0.783. The molecule has 3 heterocycles. The van der Waals surface area contributed by atoms with Gasteiger partial charge in [-0.05, 0) is 25.1 Å².